The van der Waals surface area contributed by atoms with Crippen molar-refractivity contribution in [2.24, 2.45) is 11.8 Å². The first-order valence-corrected chi connectivity index (χ1v) is 10.6. The number of nitrogens with one attached hydrogen (secondary N) is 1. The van der Waals surface area contributed by atoms with Crippen molar-refractivity contribution in [3.63, 3.8) is 0 Å². The summed E-state index contributed by atoms with van der Waals surface area (Å²) in [6.07, 6.45) is 0.535. The van der Waals surface area contributed by atoms with Crippen LogP contribution in [0.3, 0.4) is 0 Å². The third kappa shape index (κ3) is 3.27. The van der Waals surface area contributed by atoms with E-state index >= 15 is 0 Å². The van der Waals surface area contributed by atoms with Crippen molar-refractivity contribution < 1.29 is 26.7 Å². The van der Waals surface area contributed by atoms with Crippen molar-refractivity contribution in [2.75, 3.05) is 11.9 Å². The predicted molar refractivity (Wildman–Crippen MR) is 104 cm³/mol. The Morgan fingerprint density at radius 1 is 1.20 bits per heavy atom. The average Bonchev–Trinajstić information content (AvgIpc) is 3.46. The number of aromatic nitrogens is 1. The highest BCUT2D eigenvalue weighted by Gasteiger charge is 2.51. The molecule has 5 rings (SSSR count). The van der Waals surface area contributed by atoms with Crippen molar-refractivity contribution >= 4 is 32.5 Å². The number of hydrogen-bond acceptors (Lipinski definition) is 3. The van der Waals surface area contributed by atoms with Crippen molar-refractivity contribution in [3.05, 3.63) is 32.8 Å². The van der Waals surface area contributed by atoms with Gasteiger partial charge in [-0.2, -0.15) is 0 Å². The summed E-state index contributed by atoms with van der Waals surface area (Å²) in [6, 6.07) is 1.32. The number of anilines is 1. The first kappa shape index (κ1) is 20.1. The lowest BCUT2D eigenvalue weighted by Crippen LogP contribution is -2.44. The van der Waals surface area contributed by atoms with Gasteiger partial charge in [-0.25, -0.2) is 22.0 Å². The van der Waals surface area contributed by atoms with Crippen molar-refractivity contribution in [1.82, 2.24) is 4.57 Å². The van der Waals surface area contributed by atoms with Crippen LogP contribution in [-0.2, 0) is 6.54 Å². The normalized spacial score (nSPS) is 25.1. The SMILES string of the molecule is O=c1c2c(c3cc(Br)c(F)cc3n1CC1CC(F)(F)C1)N[C@@H](C1CC1)C(F)(F)CO2. The number of fused-ring (bicyclic) bond motifs is 3. The Bertz CT molecular complexity index is 1090. The van der Waals surface area contributed by atoms with E-state index in [1.165, 1.54) is 10.6 Å². The summed E-state index contributed by atoms with van der Waals surface area (Å²) < 4.78 is 76.8. The molecule has 2 aromatic rings. The van der Waals surface area contributed by atoms with Gasteiger partial charge in [0, 0.05) is 24.8 Å². The maximum Gasteiger partial charge on any atom is 0.301 e. The third-order valence-corrected chi connectivity index (χ3v) is 6.75. The summed E-state index contributed by atoms with van der Waals surface area (Å²) in [4.78, 5) is 13.1. The van der Waals surface area contributed by atoms with Crippen molar-refractivity contribution in [2.45, 2.75) is 50.1 Å². The van der Waals surface area contributed by atoms with E-state index in [0.717, 1.165) is 6.07 Å². The van der Waals surface area contributed by atoms with E-state index < -0.39 is 41.8 Å². The van der Waals surface area contributed by atoms with Gasteiger partial charge in [0.1, 0.15) is 5.82 Å². The number of rotatable bonds is 3. The number of benzene rings is 1. The van der Waals surface area contributed by atoms with Crippen LogP contribution in [0.5, 0.6) is 5.75 Å². The van der Waals surface area contributed by atoms with E-state index in [2.05, 4.69) is 21.2 Å². The van der Waals surface area contributed by atoms with Gasteiger partial charge >= 0.3 is 5.92 Å². The van der Waals surface area contributed by atoms with E-state index in [1.807, 2.05) is 0 Å². The summed E-state index contributed by atoms with van der Waals surface area (Å²) >= 11 is 3.10. The molecule has 0 radical (unpaired) electrons. The maximum absolute atomic E-state index is 14.7. The molecule has 0 amide bonds. The van der Waals surface area contributed by atoms with Crippen LogP contribution in [0.1, 0.15) is 25.7 Å². The number of halogens is 6. The van der Waals surface area contributed by atoms with Gasteiger partial charge in [0.05, 0.1) is 21.7 Å². The lowest BCUT2D eigenvalue weighted by molar-refractivity contribution is -0.114. The van der Waals surface area contributed by atoms with Crippen LogP contribution in [0.25, 0.3) is 10.9 Å². The predicted octanol–water partition coefficient (Wildman–Crippen LogP) is 5.17. The highest BCUT2D eigenvalue weighted by Crippen LogP contribution is 2.47. The fourth-order valence-electron chi connectivity index (χ4n) is 4.46. The van der Waals surface area contributed by atoms with E-state index in [1.54, 1.807) is 0 Å². The summed E-state index contributed by atoms with van der Waals surface area (Å²) in [5.74, 6) is -7.61. The van der Waals surface area contributed by atoms with Gasteiger partial charge in [-0.3, -0.25) is 4.79 Å². The average molecular weight is 493 g/mol. The molecular formula is C20H18BrF5N2O2. The topological polar surface area (TPSA) is 43.3 Å². The quantitative estimate of drug-likeness (QED) is 0.601. The van der Waals surface area contributed by atoms with E-state index in [4.69, 9.17) is 4.74 Å². The van der Waals surface area contributed by atoms with Gasteiger partial charge in [-0.15, -0.1) is 0 Å². The molecule has 0 unspecified atom stereocenters. The summed E-state index contributed by atoms with van der Waals surface area (Å²) in [7, 11) is 0. The second kappa shape index (κ2) is 6.58. The van der Waals surface area contributed by atoms with Crippen molar-refractivity contribution in [1.29, 1.82) is 0 Å². The fraction of sp³-hybridized carbons (Fsp3) is 0.550. The van der Waals surface area contributed by atoms with Crippen LogP contribution in [0, 0.1) is 17.7 Å². The smallest absolute Gasteiger partial charge is 0.301 e. The fourth-order valence-corrected chi connectivity index (χ4v) is 4.81. The van der Waals surface area contributed by atoms with Gasteiger partial charge in [0.2, 0.25) is 11.7 Å². The second-order valence-corrected chi connectivity index (χ2v) is 9.40. The molecule has 0 bridgehead atoms. The largest absolute Gasteiger partial charge is 0.480 e. The van der Waals surface area contributed by atoms with Gasteiger partial charge in [-0.05, 0) is 52.7 Å². The molecule has 1 atom stereocenters. The van der Waals surface area contributed by atoms with Crippen LogP contribution in [0.15, 0.2) is 21.4 Å². The lowest BCUT2D eigenvalue weighted by Gasteiger charge is -2.35. The highest BCUT2D eigenvalue weighted by molar-refractivity contribution is 9.10. The molecule has 1 N–H and O–H groups in total. The van der Waals surface area contributed by atoms with Crippen LogP contribution in [-0.4, -0.2) is 29.1 Å². The summed E-state index contributed by atoms with van der Waals surface area (Å²) in [5, 5.41) is 3.14. The van der Waals surface area contributed by atoms with Crippen LogP contribution in [0.2, 0.25) is 0 Å². The minimum Gasteiger partial charge on any atom is -0.480 e. The van der Waals surface area contributed by atoms with Crippen LogP contribution in [0.4, 0.5) is 27.6 Å². The molecule has 10 heteroatoms. The Hall–Kier alpha value is -1.84. The second-order valence-electron chi connectivity index (χ2n) is 8.54. The molecule has 2 aliphatic carbocycles. The summed E-state index contributed by atoms with van der Waals surface area (Å²) in [6.45, 7) is -1.02. The molecule has 162 valence electrons. The number of alkyl halides is 4. The molecule has 0 spiro atoms. The lowest BCUT2D eigenvalue weighted by atomic mass is 9.81. The molecule has 1 aromatic carbocycles. The maximum atomic E-state index is 14.7. The van der Waals surface area contributed by atoms with Gasteiger partial charge in [0.15, 0.2) is 6.61 Å². The zero-order chi connectivity index (χ0) is 21.4. The Morgan fingerprint density at radius 3 is 2.53 bits per heavy atom. The van der Waals surface area contributed by atoms with Crippen LogP contribution >= 0.6 is 15.9 Å². The van der Waals surface area contributed by atoms with E-state index in [9.17, 15) is 26.7 Å². The molecule has 3 aliphatic rings. The molecule has 2 saturated carbocycles. The minimum atomic E-state index is -3.20. The molecule has 1 aliphatic heterocycles. The first-order valence-electron chi connectivity index (χ1n) is 9.76. The zero-order valence-electron chi connectivity index (χ0n) is 15.7. The number of nitrogens with zero attached hydrogens (tertiary/aromatic N) is 1. The molecule has 2 heterocycles. The van der Waals surface area contributed by atoms with Crippen LogP contribution < -0.4 is 15.6 Å². The Labute approximate surface area is 176 Å². The monoisotopic (exact) mass is 492 g/mol. The van der Waals surface area contributed by atoms with Gasteiger partial charge in [0.25, 0.3) is 5.56 Å². The molecule has 30 heavy (non-hydrogen) atoms. The highest BCUT2D eigenvalue weighted by atomic mass is 79.9. The first-order chi connectivity index (χ1) is 14.1. The molecule has 4 nitrogen and oxygen atoms in total. The Kier molecular flexibility index (Phi) is 4.40. The number of hydrogen-bond donors (Lipinski definition) is 1. The standard InChI is InChI=1S/C20H18BrF5N2O2/c21-12-3-11-14(4-13(12)22)28(7-9-5-19(23,24)6-9)18(29)16-15(11)27-17(10-1-2-10)20(25,26)8-30-16/h3-4,9-10,17,27H,1-2,5-8H2/t17-/m0/s1. The van der Waals surface area contributed by atoms with Gasteiger partial charge < -0.3 is 14.6 Å². The Balaban J connectivity index is 1.67. The molecule has 0 saturated heterocycles. The summed E-state index contributed by atoms with van der Waals surface area (Å²) in [5.41, 5.74) is -0.473. The zero-order valence-corrected chi connectivity index (χ0v) is 17.2. The molecule has 2 fully saturated rings. The Morgan fingerprint density at radius 2 is 1.90 bits per heavy atom. The minimum absolute atomic E-state index is 0.0644. The number of pyridine rings is 1. The molecule has 1 aromatic heterocycles. The number of ether oxygens (including phenoxy) is 1. The van der Waals surface area contributed by atoms with Crippen molar-refractivity contribution in [3.8, 4) is 5.75 Å². The van der Waals surface area contributed by atoms with Gasteiger partial charge in [-0.1, -0.05) is 0 Å². The molecular weight excluding hydrogens is 475 g/mol. The third-order valence-electron chi connectivity index (χ3n) is 6.14. The van der Waals surface area contributed by atoms with E-state index in [0.29, 0.717) is 18.2 Å². The van der Waals surface area contributed by atoms with E-state index in [-0.39, 0.29) is 46.7 Å².